The molecule has 0 radical (unpaired) electrons. The summed E-state index contributed by atoms with van der Waals surface area (Å²) in [4.78, 5) is 30.8. The summed E-state index contributed by atoms with van der Waals surface area (Å²) in [5.74, 6) is 0.0166. The van der Waals surface area contributed by atoms with E-state index in [2.05, 4.69) is 9.39 Å². The summed E-state index contributed by atoms with van der Waals surface area (Å²) >= 11 is 2.44. The number of amidine groups is 3. The molecule has 0 saturated carbocycles. The van der Waals surface area contributed by atoms with E-state index < -0.39 is 11.9 Å². The first-order chi connectivity index (χ1) is 16.4. The van der Waals surface area contributed by atoms with Crippen molar-refractivity contribution in [3.63, 3.8) is 0 Å². The van der Waals surface area contributed by atoms with E-state index in [1.54, 1.807) is 48.5 Å². The van der Waals surface area contributed by atoms with Gasteiger partial charge in [0.05, 0.1) is 36.8 Å². The van der Waals surface area contributed by atoms with Gasteiger partial charge in [0, 0.05) is 0 Å². The first kappa shape index (κ1) is 23.6. The number of nitrogens with zero attached hydrogens (tertiary/aromatic N) is 3. The topological polar surface area (TPSA) is 114 Å². The van der Waals surface area contributed by atoms with Crippen molar-refractivity contribution in [2.75, 3.05) is 20.0 Å². The SMILES string of the molecule is CCOc1cc(/C=C2/C(=N)N3C(SC)=NSC3=NC2=O)ccc1OC(=O)c1cccc(OC)c1. The Morgan fingerprint density at radius 1 is 1.24 bits per heavy atom. The molecule has 0 unspecified atom stereocenters. The van der Waals surface area contributed by atoms with Gasteiger partial charge in [-0.25, -0.2) is 9.69 Å². The van der Waals surface area contributed by atoms with Gasteiger partial charge in [-0.05, 0) is 55.2 Å². The molecule has 2 heterocycles. The number of fused-ring (bicyclic) bond motifs is 1. The average Bonchev–Trinajstić information content (AvgIpc) is 3.26. The average molecular weight is 497 g/mol. The van der Waals surface area contributed by atoms with Gasteiger partial charge in [0.1, 0.15) is 11.6 Å². The van der Waals surface area contributed by atoms with Crippen molar-refractivity contribution in [1.82, 2.24) is 4.90 Å². The molecule has 174 valence electrons. The van der Waals surface area contributed by atoms with E-state index in [4.69, 9.17) is 19.6 Å². The molecule has 34 heavy (non-hydrogen) atoms. The maximum atomic E-state index is 12.6. The van der Waals surface area contributed by atoms with Gasteiger partial charge in [-0.1, -0.05) is 23.9 Å². The van der Waals surface area contributed by atoms with Crippen molar-refractivity contribution in [2.24, 2.45) is 9.39 Å². The number of carbonyl (C=O) groups excluding carboxylic acids is 2. The Morgan fingerprint density at radius 2 is 2.06 bits per heavy atom. The highest BCUT2D eigenvalue weighted by atomic mass is 32.2. The number of nitrogens with one attached hydrogen (secondary N) is 1. The van der Waals surface area contributed by atoms with E-state index in [-0.39, 0.29) is 17.2 Å². The standard InChI is InChI=1S/C23H20N4O5S2/c1-4-31-18-11-13(8-9-17(18)32-21(29)14-6-5-7-15(12-14)30-2)10-16-19(24)27-22(25-20(16)28)34-26-23(27)33-3/h5-12,24H,4H2,1-3H3/b16-10-,24-19?. The Hall–Kier alpha value is -3.57. The summed E-state index contributed by atoms with van der Waals surface area (Å²) in [5.41, 5.74) is 1.04. The summed E-state index contributed by atoms with van der Waals surface area (Å²) in [5, 5.41) is 9.47. The zero-order chi connectivity index (χ0) is 24.2. The summed E-state index contributed by atoms with van der Waals surface area (Å²) in [6.45, 7) is 2.15. The number of aliphatic imine (C=N–C) groups is 1. The second-order valence-electron chi connectivity index (χ2n) is 6.87. The Labute approximate surface area is 204 Å². The second-order valence-corrected chi connectivity index (χ2v) is 8.38. The van der Waals surface area contributed by atoms with Crippen LogP contribution in [0.4, 0.5) is 0 Å². The third-order valence-electron chi connectivity index (χ3n) is 4.76. The number of amides is 1. The molecule has 9 nitrogen and oxygen atoms in total. The molecule has 0 atom stereocenters. The van der Waals surface area contributed by atoms with Crippen molar-refractivity contribution in [1.29, 1.82) is 5.41 Å². The third-order valence-corrected chi connectivity index (χ3v) is 6.22. The van der Waals surface area contributed by atoms with E-state index in [1.807, 2.05) is 13.2 Å². The fraction of sp³-hybridized carbons (Fsp3) is 0.174. The minimum atomic E-state index is -0.563. The van der Waals surface area contributed by atoms with Gasteiger partial charge in [0.15, 0.2) is 16.7 Å². The first-order valence-corrected chi connectivity index (χ1v) is 12.1. The molecule has 1 N–H and O–H groups in total. The summed E-state index contributed by atoms with van der Waals surface area (Å²) in [6.07, 6.45) is 3.40. The van der Waals surface area contributed by atoms with E-state index in [0.717, 1.165) is 11.9 Å². The van der Waals surface area contributed by atoms with Crippen LogP contribution in [0.3, 0.4) is 0 Å². The second kappa shape index (κ2) is 10.1. The smallest absolute Gasteiger partial charge is 0.343 e. The number of rotatable bonds is 6. The number of benzene rings is 2. The van der Waals surface area contributed by atoms with Crippen LogP contribution >= 0.6 is 23.7 Å². The first-order valence-electron chi connectivity index (χ1n) is 10.1. The van der Waals surface area contributed by atoms with E-state index in [0.29, 0.717) is 39.6 Å². The molecule has 2 aliphatic heterocycles. The predicted molar refractivity (Wildman–Crippen MR) is 134 cm³/mol. The summed E-state index contributed by atoms with van der Waals surface area (Å²) in [7, 11) is 1.52. The maximum Gasteiger partial charge on any atom is 0.343 e. The molecule has 1 amide bonds. The number of hydrogen-bond donors (Lipinski definition) is 1. The number of thioether (sulfide) groups is 1. The van der Waals surface area contributed by atoms with Crippen LogP contribution in [0.5, 0.6) is 17.2 Å². The molecular formula is C23H20N4O5S2. The normalized spacial score (nSPS) is 16.2. The molecule has 0 bridgehead atoms. The van der Waals surface area contributed by atoms with Gasteiger partial charge in [-0.15, -0.1) is 0 Å². The lowest BCUT2D eigenvalue weighted by Crippen LogP contribution is -2.41. The van der Waals surface area contributed by atoms with Gasteiger partial charge in [-0.2, -0.15) is 9.39 Å². The minimum absolute atomic E-state index is 0.000380. The van der Waals surface area contributed by atoms with E-state index in [1.165, 1.54) is 23.8 Å². The van der Waals surface area contributed by atoms with Gasteiger partial charge >= 0.3 is 5.97 Å². The quantitative estimate of drug-likeness (QED) is 0.273. The zero-order valence-electron chi connectivity index (χ0n) is 18.5. The highest BCUT2D eigenvalue weighted by molar-refractivity contribution is 8.18. The van der Waals surface area contributed by atoms with Crippen LogP contribution in [0.1, 0.15) is 22.8 Å². The van der Waals surface area contributed by atoms with Gasteiger partial charge in [-0.3, -0.25) is 10.2 Å². The lowest BCUT2D eigenvalue weighted by molar-refractivity contribution is -0.114. The molecule has 4 rings (SSSR count). The van der Waals surface area contributed by atoms with Crippen molar-refractivity contribution >= 4 is 57.8 Å². The molecular weight excluding hydrogens is 476 g/mol. The molecule has 2 aliphatic rings. The van der Waals surface area contributed by atoms with Crippen LogP contribution in [0.25, 0.3) is 6.08 Å². The molecule has 0 fully saturated rings. The van der Waals surface area contributed by atoms with Crippen LogP contribution in [0.2, 0.25) is 0 Å². The minimum Gasteiger partial charge on any atom is -0.497 e. The van der Waals surface area contributed by atoms with Crippen molar-refractivity contribution < 1.29 is 23.8 Å². The van der Waals surface area contributed by atoms with Crippen molar-refractivity contribution in [2.45, 2.75) is 6.92 Å². The third kappa shape index (κ3) is 4.70. The summed E-state index contributed by atoms with van der Waals surface area (Å²) in [6, 6.07) is 11.5. The number of carbonyl (C=O) groups is 2. The Kier molecular flexibility index (Phi) is 7.03. The number of hydrogen-bond acceptors (Lipinski definition) is 9. The lowest BCUT2D eigenvalue weighted by atomic mass is 10.1. The molecule has 0 aromatic heterocycles. The molecule has 2 aromatic rings. The molecule has 2 aromatic carbocycles. The number of esters is 1. The van der Waals surface area contributed by atoms with E-state index in [9.17, 15) is 9.59 Å². The largest absolute Gasteiger partial charge is 0.497 e. The Balaban J connectivity index is 1.62. The summed E-state index contributed by atoms with van der Waals surface area (Å²) < 4.78 is 20.6. The van der Waals surface area contributed by atoms with Crippen LogP contribution in [-0.4, -0.2) is 52.9 Å². The number of methoxy groups -OCH3 is 1. The highest BCUT2D eigenvalue weighted by Crippen LogP contribution is 2.33. The van der Waals surface area contributed by atoms with E-state index >= 15 is 0 Å². The van der Waals surface area contributed by atoms with Crippen LogP contribution < -0.4 is 14.2 Å². The molecule has 0 aliphatic carbocycles. The van der Waals surface area contributed by atoms with Crippen molar-refractivity contribution in [3.8, 4) is 17.2 Å². The van der Waals surface area contributed by atoms with Gasteiger partial charge in [0.25, 0.3) is 5.91 Å². The van der Waals surface area contributed by atoms with Crippen molar-refractivity contribution in [3.05, 3.63) is 59.2 Å². The zero-order valence-corrected chi connectivity index (χ0v) is 20.2. The van der Waals surface area contributed by atoms with Crippen LogP contribution in [0.15, 0.2) is 57.4 Å². The highest BCUT2D eigenvalue weighted by Gasteiger charge is 2.37. The Morgan fingerprint density at radius 3 is 2.79 bits per heavy atom. The Bertz CT molecular complexity index is 1270. The van der Waals surface area contributed by atoms with Crippen LogP contribution in [0, 0.1) is 5.41 Å². The maximum absolute atomic E-state index is 12.6. The predicted octanol–water partition coefficient (Wildman–Crippen LogP) is 4.25. The molecule has 11 heteroatoms. The molecule has 0 saturated heterocycles. The van der Waals surface area contributed by atoms with Gasteiger partial charge in [0.2, 0.25) is 5.17 Å². The lowest BCUT2D eigenvalue weighted by Gasteiger charge is -2.23. The van der Waals surface area contributed by atoms with Gasteiger partial charge < -0.3 is 14.2 Å². The fourth-order valence-corrected chi connectivity index (χ4v) is 4.63. The fourth-order valence-electron chi connectivity index (χ4n) is 3.18. The monoisotopic (exact) mass is 496 g/mol. The molecule has 0 spiro atoms. The number of ether oxygens (including phenoxy) is 3. The van der Waals surface area contributed by atoms with Crippen LogP contribution in [-0.2, 0) is 4.79 Å².